The summed E-state index contributed by atoms with van der Waals surface area (Å²) < 4.78 is 0. The van der Waals surface area contributed by atoms with Crippen molar-refractivity contribution in [2.45, 2.75) is 17.9 Å². The lowest BCUT2D eigenvalue weighted by molar-refractivity contribution is 0.397. The Labute approximate surface area is 142 Å². The summed E-state index contributed by atoms with van der Waals surface area (Å²) in [5.74, 6) is 0.998. The lowest BCUT2D eigenvalue weighted by Gasteiger charge is -2.28. The van der Waals surface area contributed by atoms with Crippen LogP contribution in [0.2, 0.25) is 0 Å². The van der Waals surface area contributed by atoms with Crippen LogP contribution in [0.3, 0.4) is 0 Å². The van der Waals surface area contributed by atoms with Gasteiger partial charge in [-0.2, -0.15) is 0 Å². The van der Waals surface area contributed by atoms with E-state index in [9.17, 15) is 0 Å². The van der Waals surface area contributed by atoms with Gasteiger partial charge in [-0.1, -0.05) is 48.5 Å². The Bertz CT molecular complexity index is 572. The molecule has 0 saturated heterocycles. The van der Waals surface area contributed by atoms with E-state index < -0.39 is 0 Å². The summed E-state index contributed by atoms with van der Waals surface area (Å²) in [4.78, 5) is 3.40. The fourth-order valence-corrected chi connectivity index (χ4v) is 3.15. The molecule has 0 saturated carbocycles. The van der Waals surface area contributed by atoms with E-state index in [4.69, 9.17) is 12.2 Å². The van der Waals surface area contributed by atoms with Gasteiger partial charge in [0.05, 0.1) is 6.04 Å². The molecule has 2 nitrogen and oxygen atoms in total. The normalized spacial score (nSPS) is 11.7. The Morgan fingerprint density at radius 1 is 1.09 bits per heavy atom. The zero-order chi connectivity index (χ0) is 15.8. The van der Waals surface area contributed by atoms with Crippen LogP contribution < -0.4 is 5.32 Å². The highest BCUT2D eigenvalue weighted by Gasteiger charge is 2.13. The van der Waals surface area contributed by atoms with E-state index in [1.807, 2.05) is 30.9 Å². The molecule has 0 amide bonds. The van der Waals surface area contributed by atoms with Crippen molar-refractivity contribution in [1.82, 2.24) is 10.2 Å². The Hall–Kier alpha value is -1.52. The molecule has 2 rings (SSSR count). The van der Waals surface area contributed by atoms with Crippen molar-refractivity contribution < 1.29 is 0 Å². The average molecular weight is 331 g/mol. The van der Waals surface area contributed by atoms with E-state index in [0.717, 1.165) is 17.4 Å². The van der Waals surface area contributed by atoms with Crippen LogP contribution in [0, 0.1) is 0 Å². The molecule has 0 bridgehead atoms. The van der Waals surface area contributed by atoms with Crippen molar-refractivity contribution in [2.24, 2.45) is 0 Å². The maximum absolute atomic E-state index is 5.49. The van der Waals surface area contributed by atoms with Crippen LogP contribution >= 0.6 is 24.0 Å². The second kappa shape index (κ2) is 8.81. The van der Waals surface area contributed by atoms with E-state index in [0.29, 0.717) is 0 Å². The molecule has 1 atom stereocenters. The van der Waals surface area contributed by atoms with Gasteiger partial charge in [-0.3, -0.25) is 0 Å². The zero-order valence-electron chi connectivity index (χ0n) is 13.0. The van der Waals surface area contributed by atoms with Crippen LogP contribution in [0.1, 0.15) is 18.5 Å². The third kappa shape index (κ3) is 5.04. The minimum atomic E-state index is 0.267. The van der Waals surface area contributed by atoms with E-state index in [-0.39, 0.29) is 6.04 Å². The summed E-state index contributed by atoms with van der Waals surface area (Å²) in [7, 11) is 2.04. The van der Waals surface area contributed by atoms with Gasteiger partial charge in [0.15, 0.2) is 5.11 Å². The first-order chi connectivity index (χ1) is 10.7. The van der Waals surface area contributed by atoms with Gasteiger partial charge in [-0.15, -0.1) is 11.8 Å². The predicted octanol–water partition coefficient (Wildman–Crippen LogP) is 4.35. The van der Waals surface area contributed by atoms with Crippen LogP contribution in [0.15, 0.2) is 65.6 Å². The molecular weight excluding hydrogens is 308 g/mol. The molecule has 0 radical (unpaired) electrons. The van der Waals surface area contributed by atoms with Crippen molar-refractivity contribution >= 4 is 29.1 Å². The Kier molecular flexibility index (Phi) is 6.74. The second-order valence-corrected chi connectivity index (χ2v) is 6.65. The van der Waals surface area contributed by atoms with Crippen molar-refractivity contribution in [3.63, 3.8) is 0 Å². The number of thioether (sulfide) groups is 1. The van der Waals surface area contributed by atoms with Gasteiger partial charge in [-0.05, 0) is 36.8 Å². The van der Waals surface area contributed by atoms with Gasteiger partial charge in [0.2, 0.25) is 0 Å². The number of thiocarbonyl (C=S) groups is 1. The standard InChI is InChI=1S/C18H22N2S2/c1-15(16-9-5-3-6-10-16)20(2)18(21)19-13-14-22-17-11-7-4-8-12-17/h3-12,15H,13-14H2,1-2H3,(H,19,21)/t15-/m0/s1. The molecule has 1 N–H and O–H groups in total. The monoisotopic (exact) mass is 330 g/mol. The SMILES string of the molecule is C[C@@H](c1ccccc1)N(C)C(=S)NCCSc1ccccc1. The smallest absolute Gasteiger partial charge is 0.169 e. The molecule has 0 aliphatic heterocycles. The molecule has 22 heavy (non-hydrogen) atoms. The number of nitrogens with zero attached hydrogens (tertiary/aromatic N) is 1. The molecular formula is C18H22N2S2. The van der Waals surface area contributed by atoms with Crippen LogP contribution in [0.5, 0.6) is 0 Å². The fraction of sp³-hybridized carbons (Fsp3) is 0.278. The summed E-state index contributed by atoms with van der Waals surface area (Å²) in [6.45, 7) is 3.03. The fourth-order valence-electron chi connectivity index (χ4n) is 2.10. The maximum atomic E-state index is 5.49. The van der Waals surface area contributed by atoms with Crippen LogP contribution in [0.25, 0.3) is 0 Å². The third-order valence-corrected chi connectivity index (χ3v) is 5.02. The molecule has 0 aliphatic rings. The van der Waals surface area contributed by atoms with Crippen molar-refractivity contribution in [1.29, 1.82) is 0 Å². The molecule has 0 aliphatic carbocycles. The van der Waals surface area contributed by atoms with Crippen molar-refractivity contribution in [3.05, 3.63) is 66.2 Å². The van der Waals surface area contributed by atoms with Gasteiger partial charge in [0.25, 0.3) is 0 Å². The third-order valence-electron chi connectivity index (χ3n) is 3.57. The Balaban J connectivity index is 1.75. The van der Waals surface area contributed by atoms with E-state index in [1.165, 1.54) is 10.5 Å². The zero-order valence-corrected chi connectivity index (χ0v) is 14.7. The predicted molar refractivity (Wildman–Crippen MR) is 100 cm³/mol. The molecule has 0 spiro atoms. The molecule has 0 fully saturated rings. The highest BCUT2D eigenvalue weighted by molar-refractivity contribution is 7.99. The lowest BCUT2D eigenvalue weighted by Crippen LogP contribution is -2.39. The number of hydrogen-bond donors (Lipinski definition) is 1. The first-order valence-electron chi connectivity index (χ1n) is 7.42. The number of hydrogen-bond acceptors (Lipinski definition) is 2. The number of rotatable bonds is 6. The van der Waals surface area contributed by atoms with Gasteiger partial charge in [0, 0.05) is 24.2 Å². The lowest BCUT2D eigenvalue weighted by atomic mass is 10.1. The Morgan fingerprint density at radius 2 is 1.68 bits per heavy atom. The number of nitrogens with one attached hydrogen (secondary N) is 1. The van der Waals surface area contributed by atoms with Gasteiger partial charge >= 0.3 is 0 Å². The van der Waals surface area contributed by atoms with E-state index >= 15 is 0 Å². The first-order valence-corrected chi connectivity index (χ1v) is 8.81. The quantitative estimate of drug-likeness (QED) is 0.481. The Morgan fingerprint density at radius 3 is 2.32 bits per heavy atom. The van der Waals surface area contributed by atoms with E-state index in [2.05, 4.69) is 65.7 Å². The minimum Gasteiger partial charge on any atom is -0.362 e. The highest BCUT2D eigenvalue weighted by Crippen LogP contribution is 2.18. The highest BCUT2D eigenvalue weighted by atomic mass is 32.2. The summed E-state index contributed by atoms with van der Waals surface area (Å²) in [6.07, 6.45) is 0. The first kappa shape index (κ1) is 16.8. The van der Waals surface area contributed by atoms with Crippen LogP contribution in [-0.2, 0) is 0 Å². The van der Waals surface area contributed by atoms with Crippen molar-refractivity contribution in [2.75, 3.05) is 19.3 Å². The summed E-state index contributed by atoms with van der Waals surface area (Å²) in [5.41, 5.74) is 1.27. The molecule has 0 aromatic heterocycles. The largest absolute Gasteiger partial charge is 0.362 e. The summed E-state index contributed by atoms with van der Waals surface area (Å²) >= 11 is 7.33. The van der Waals surface area contributed by atoms with Gasteiger partial charge in [0.1, 0.15) is 0 Å². The maximum Gasteiger partial charge on any atom is 0.169 e. The summed E-state index contributed by atoms with van der Waals surface area (Å²) in [6, 6.07) is 21.1. The van der Waals surface area contributed by atoms with Crippen molar-refractivity contribution in [3.8, 4) is 0 Å². The van der Waals surface area contributed by atoms with Gasteiger partial charge in [-0.25, -0.2) is 0 Å². The molecule has 116 valence electrons. The molecule has 0 heterocycles. The van der Waals surface area contributed by atoms with Gasteiger partial charge < -0.3 is 10.2 Å². The topological polar surface area (TPSA) is 15.3 Å². The minimum absolute atomic E-state index is 0.267. The van der Waals surface area contributed by atoms with Crippen LogP contribution in [0.4, 0.5) is 0 Å². The molecule has 2 aromatic carbocycles. The molecule has 0 unspecified atom stereocenters. The molecule has 4 heteroatoms. The average Bonchev–Trinajstić information content (AvgIpc) is 2.59. The van der Waals surface area contributed by atoms with Crippen LogP contribution in [-0.4, -0.2) is 29.4 Å². The van der Waals surface area contributed by atoms with E-state index in [1.54, 1.807) is 0 Å². The second-order valence-electron chi connectivity index (χ2n) is 5.09. The summed E-state index contributed by atoms with van der Waals surface area (Å²) in [5, 5.41) is 4.14. The number of benzene rings is 2. The molecule has 2 aromatic rings.